The lowest BCUT2D eigenvalue weighted by molar-refractivity contribution is -0.116. The number of carbonyl (C=O) groups excluding carboxylic acids is 2. The second kappa shape index (κ2) is 10.8. The Balaban J connectivity index is 1.54. The Morgan fingerprint density at radius 2 is 1.58 bits per heavy atom. The van der Waals surface area contributed by atoms with Crippen LogP contribution in [0.3, 0.4) is 0 Å². The van der Waals surface area contributed by atoms with Crippen molar-refractivity contribution < 1.29 is 18.0 Å². The summed E-state index contributed by atoms with van der Waals surface area (Å²) in [5, 5.41) is 2.83. The maximum absolute atomic E-state index is 12.6. The smallest absolute Gasteiger partial charge is 0.253 e. The first-order valence-corrected chi connectivity index (χ1v) is 13.2. The molecule has 1 heterocycles. The summed E-state index contributed by atoms with van der Waals surface area (Å²) in [6, 6.07) is 12.6. The number of carbonyl (C=O) groups is 2. The van der Waals surface area contributed by atoms with Crippen LogP contribution in [0.5, 0.6) is 0 Å². The normalized spacial score (nSPS) is 14.1. The van der Waals surface area contributed by atoms with E-state index < -0.39 is 10.0 Å². The predicted octanol–water partition coefficient (Wildman–Crippen LogP) is 4.11. The number of piperidine rings is 1. The first kappa shape index (κ1) is 24.8. The molecule has 178 valence electrons. The predicted molar refractivity (Wildman–Crippen MR) is 132 cm³/mol. The van der Waals surface area contributed by atoms with E-state index in [9.17, 15) is 18.0 Å². The highest BCUT2D eigenvalue weighted by molar-refractivity contribution is 7.92. The largest absolute Gasteiger partial charge is 0.339 e. The van der Waals surface area contributed by atoms with Gasteiger partial charge in [0.2, 0.25) is 15.9 Å². The van der Waals surface area contributed by atoms with E-state index in [4.69, 9.17) is 0 Å². The van der Waals surface area contributed by atoms with E-state index >= 15 is 0 Å². The third-order valence-corrected chi connectivity index (χ3v) is 6.91. The van der Waals surface area contributed by atoms with E-state index in [0.717, 1.165) is 37.1 Å². The zero-order valence-corrected chi connectivity index (χ0v) is 20.5. The second-order valence-corrected chi connectivity index (χ2v) is 10.7. The van der Waals surface area contributed by atoms with Gasteiger partial charge in [-0.3, -0.25) is 13.9 Å². The van der Waals surface area contributed by atoms with E-state index in [-0.39, 0.29) is 24.8 Å². The van der Waals surface area contributed by atoms with Crippen molar-refractivity contribution in [2.45, 2.75) is 46.0 Å². The van der Waals surface area contributed by atoms with E-state index in [0.29, 0.717) is 23.4 Å². The fourth-order valence-electron chi connectivity index (χ4n) is 4.16. The van der Waals surface area contributed by atoms with Crippen LogP contribution in [0.25, 0.3) is 0 Å². The van der Waals surface area contributed by atoms with E-state index in [2.05, 4.69) is 5.32 Å². The quantitative estimate of drug-likeness (QED) is 0.628. The molecular weight excluding hydrogens is 438 g/mol. The maximum Gasteiger partial charge on any atom is 0.253 e. The lowest BCUT2D eigenvalue weighted by Gasteiger charge is -2.26. The van der Waals surface area contributed by atoms with Gasteiger partial charge in [0.15, 0.2) is 0 Å². The minimum Gasteiger partial charge on any atom is -0.339 e. The Morgan fingerprint density at radius 1 is 0.970 bits per heavy atom. The Hall–Kier alpha value is -2.87. The van der Waals surface area contributed by atoms with Gasteiger partial charge < -0.3 is 10.2 Å². The maximum atomic E-state index is 12.6. The zero-order chi connectivity index (χ0) is 24.0. The summed E-state index contributed by atoms with van der Waals surface area (Å²) in [7, 11) is -3.46. The molecule has 0 aromatic heterocycles. The van der Waals surface area contributed by atoms with Gasteiger partial charge in [-0.2, -0.15) is 0 Å². The van der Waals surface area contributed by atoms with Crippen molar-refractivity contribution in [3.05, 3.63) is 59.2 Å². The molecule has 7 nitrogen and oxygen atoms in total. The van der Waals surface area contributed by atoms with Crippen LogP contribution in [0.4, 0.5) is 11.4 Å². The Kier molecular flexibility index (Phi) is 8.13. The molecule has 2 aromatic carbocycles. The molecule has 1 fully saturated rings. The van der Waals surface area contributed by atoms with Gasteiger partial charge >= 0.3 is 0 Å². The summed E-state index contributed by atoms with van der Waals surface area (Å²) in [5.41, 5.74) is 3.82. The van der Waals surface area contributed by atoms with Crippen molar-refractivity contribution in [3.8, 4) is 0 Å². The first-order valence-electron chi connectivity index (χ1n) is 11.4. The van der Waals surface area contributed by atoms with Gasteiger partial charge in [-0.1, -0.05) is 6.07 Å². The highest BCUT2D eigenvalue weighted by Crippen LogP contribution is 2.22. The van der Waals surface area contributed by atoms with Crippen molar-refractivity contribution in [1.82, 2.24) is 4.90 Å². The lowest BCUT2D eigenvalue weighted by Crippen LogP contribution is -2.35. The molecule has 1 aliphatic rings. The van der Waals surface area contributed by atoms with Crippen LogP contribution in [0, 0.1) is 13.8 Å². The minimum absolute atomic E-state index is 0.0276. The molecule has 2 amide bonds. The number of anilines is 2. The molecule has 0 radical (unpaired) electrons. The standard InChI is InChI=1S/C25H33N3O4S/c1-19-16-20(2)18-23(17-19)28(33(3,31)32)15-7-8-24(29)26-22-11-9-21(10-12-22)25(30)27-13-5-4-6-14-27/h9-12,16-18H,4-8,13-15H2,1-3H3,(H,26,29). The van der Waals surface area contributed by atoms with Crippen molar-refractivity contribution in [2.24, 2.45) is 0 Å². The molecule has 2 aromatic rings. The summed E-state index contributed by atoms with van der Waals surface area (Å²) >= 11 is 0. The molecule has 8 heteroatoms. The third-order valence-electron chi connectivity index (χ3n) is 5.72. The molecule has 0 atom stereocenters. The number of likely N-dealkylation sites (tertiary alicyclic amines) is 1. The average molecular weight is 472 g/mol. The number of aryl methyl sites for hydroxylation is 2. The number of hydrogen-bond donors (Lipinski definition) is 1. The molecule has 1 N–H and O–H groups in total. The molecule has 0 bridgehead atoms. The summed E-state index contributed by atoms with van der Waals surface area (Å²) in [6.45, 7) is 5.66. The molecular formula is C25H33N3O4S. The molecule has 0 aliphatic carbocycles. The highest BCUT2D eigenvalue weighted by atomic mass is 32.2. The van der Waals surface area contributed by atoms with Gasteiger partial charge in [-0.05, 0) is 87.1 Å². The topological polar surface area (TPSA) is 86.8 Å². The van der Waals surface area contributed by atoms with Crippen molar-refractivity contribution in [1.29, 1.82) is 0 Å². The highest BCUT2D eigenvalue weighted by Gasteiger charge is 2.19. The van der Waals surface area contributed by atoms with E-state index in [1.54, 1.807) is 24.3 Å². The van der Waals surface area contributed by atoms with Gasteiger partial charge in [0.25, 0.3) is 5.91 Å². The summed E-state index contributed by atoms with van der Waals surface area (Å²) in [6.07, 6.45) is 5.00. The summed E-state index contributed by atoms with van der Waals surface area (Å²) in [5.74, 6) is -0.168. The monoisotopic (exact) mass is 471 g/mol. The minimum atomic E-state index is -3.46. The fraction of sp³-hybridized carbons (Fsp3) is 0.440. The van der Waals surface area contributed by atoms with Gasteiger partial charge in [-0.15, -0.1) is 0 Å². The van der Waals surface area contributed by atoms with Crippen molar-refractivity contribution in [2.75, 3.05) is 35.5 Å². The second-order valence-electron chi connectivity index (χ2n) is 8.76. The van der Waals surface area contributed by atoms with Gasteiger partial charge in [0.05, 0.1) is 11.9 Å². The van der Waals surface area contributed by atoms with E-state index in [1.165, 1.54) is 17.0 Å². The molecule has 0 saturated carbocycles. The average Bonchev–Trinajstić information content (AvgIpc) is 2.76. The summed E-state index contributed by atoms with van der Waals surface area (Å²) in [4.78, 5) is 26.8. The lowest BCUT2D eigenvalue weighted by atomic mass is 10.1. The fourth-order valence-corrected chi connectivity index (χ4v) is 5.11. The number of hydrogen-bond acceptors (Lipinski definition) is 4. The number of rotatable bonds is 8. The molecule has 0 spiro atoms. The Bertz CT molecular complexity index is 1070. The van der Waals surface area contributed by atoms with Gasteiger partial charge in [0, 0.05) is 37.3 Å². The molecule has 1 aliphatic heterocycles. The summed E-state index contributed by atoms with van der Waals surface area (Å²) < 4.78 is 26.0. The van der Waals surface area contributed by atoms with Crippen LogP contribution in [0.1, 0.15) is 53.6 Å². The van der Waals surface area contributed by atoms with Gasteiger partial charge in [0.1, 0.15) is 0 Å². The van der Waals surface area contributed by atoms with Crippen LogP contribution >= 0.6 is 0 Å². The van der Waals surface area contributed by atoms with Crippen LogP contribution < -0.4 is 9.62 Å². The molecule has 33 heavy (non-hydrogen) atoms. The van der Waals surface area contributed by atoms with Crippen LogP contribution in [0.15, 0.2) is 42.5 Å². The molecule has 0 unspecified atom stereocenters. The SMILES string of the molecule is Cc1cc(C)cc(N(CCCC(=O)Nc2ccc(C(=O)N3CCCCC3)cc2)S(C)(=O)=O)c1. The Morgan fingerprint density at radius 3 is 2.15 bits per heavy atom. The zero-order valence-electron chi connectivity index (χ0n) is 19.6. The van der Waals surface area contributed by atoms with Crippen LogP contribution in [-0.2, 0) is 14.8 Å². The number of nitrogens with zero attached hydrogens (tertiary/aromatic N) is 2. The third kappa shape index (κ3) is 7.05. The number of nitrogens with one attached hydrogen (secondary N) is 1. The van der Waals surface area contributed by atoms with Gasteiger partial charge in [-0.25, -0.2) is 8.42 Å². The van der Waals surface area contributed by atoms with Crippen molar-refractivity contribution >= 4 is 33.2 Å². The molecule has 3 rings (SSSR count). The molecule has 1 saturated heterocycles. The van der Waals surface area contributed by atoms with Crippen LogP contribution in [0.2, 0.25) is 0 Å². The van der Waals surface area contributed by atoms with Crippen LogP contribution in [-0.4, -0.2) is 51.0 Å². The number of benzene rings is 2. The number of sulfonamides is 1. The van der Waals surface area contributed by atoms with E-state index in [1.807, 2.05) is 36.9 Å². The first-order chi connectivity index (χ1) is 15.6. The number of amides is 2. The Labute approximate surface area is 196 Å². The van der Waals surface area contributed by atoms with Crippen molar-refractivity contribution in [3.63, 3.8) is 0 Å².